The topological polar surface area (TPSA) is 78.8 Å². The number of piperazine rings is 1. The fourth-order valence-corrected chi connectivity index (χ4v) is 2.97. The minimum absolute atomic E-state index is 0.0182. The fourth-order valence-electron chi connectivity index (χ4n) is 2.81. The molecule has 26 heavy (non-hydrogen) atoms. The molecule has 1 aliphatic rings. The summed E-state index contributed by atoms with van der Waals surface area (Å²) in [7, 11) is 0. The molecule has 1 N–H and O–H groups in total. The maximum absolute atomic E-state index is 13.8. The Balaban J connectivity index is 1.66. The van der Waals surface area contributed by atoms with E-state index in [0.29, 0.717) is 36.0 Å². The van der Waals surface area contributed by atoms with Crippen molar-refractivity contribution in [2.24, 2.45) is 0 Å². The van der Waals surface area contributed by atoms with Crippen molar-refractivity contribution in [3.63, 3.8) is 0 Å². The number of nitrogens with zero attached hydrogens (tertiary/aromatic N) is 4. The highest BCUT2D eigenvalue weighted by Crippen LogP contribution is 2.20. The van der Waals surface area contributed by atoms with E-state index in [1.807, 2.05) is 11.8 Å². The number of hydrogen-bond donors (Lipinski definition) is 1. The van der Waals surface area contributed by atoms with E-state index in [9.17, 15) is 9.18 Å². The molecule has 1 aromatic carbocycles. The van der Waals surface area contributed by atoms with Crippen LogP contribution < -0.4 is 9.64 Å². The highest BCUT2D eigenvalue weighted by atomic mass is 35.5. The maximum Gasteiger partial charge on any atom is 0.407 e. The first-order valence-corrected chi connectivity index (χ1v) is 8.46. The lowest BCUT2D eigenvalue weighted by molar-refractivity contribution is 0.122. The standard InChI is InChI=1S/C17H18ClFN4O3/c1-11-9-22(6-7-23(11)17(24)25)15-4-5-20-16(21-15)26-10-12-2-3-13(18)8-14(12)19/h2-5,8,11H,6-7,9-10H2,1H3,(H,24,25)/t11-/m0/s1. The molecule has 2 aromatic rings. The van der Waals surface area contributed by atoms with Crippen molar-refractivity contribution in [1.29, 1.82) is 0 Å². The zero-order valence-corrected chi connectivity index (χ0v) is 14.9. The zero-order valence-electron chi connectivity index (χ0n) is 14.1. The molecule has 1 saturated heterocycles. The van der Waals surface area contributed by atoms with Gasteiger partial charge in [-0.05, 0) is 25.1 Å². The Hall–Kier alpha value is -2.61. The van der Waals surface area contributed by atoms with E-state index in [-0.39, 0.29) is 18.7 Å². The van der Waals surface area contributed by atoms with Gasteiger partial charge >= 0.3 is 12.1 Å². The molecule has 3 rings (SSSR count). The second-order valence-corrected chi connectivity index (χ2v) is 6.43. The van der Waals surface area contributed by atoms with Crippen molar-refractivity contribution in [3.8, 4) is 6.01 Å². The lowest BCUT2D eigenvalue weighted by atomic mass is 10.2. The van der Waals surface area contributed by atoms with Gasteiger partial charge in [-0.1, -0.05) is 17.7 Å². The number of rotatable bonds is 4. The second kappa shape index (κ2) is 7.74. The molecule has 2 heterocycles. The molecule has 1 aromatic heterocycles. The van der Waals surface area contributed by atoms with Crippen LogP contribution in [0.4, 0.5) is 15.0 Å². The number of anilines is 1. The van der Waals surface area contributed by atoms with Crippen molar-refractivity contribution >= 4 is 23.5 Å². The van der Waals surface area contributed by atoms with Crippen molar-refractivity contribution in [2.75, 3.05) is 24.5 Å². The molecule has 0 radical (unpaired) electrons. The largest absolute Gasteiger partial charge is 0.465 e. The quantitative estimate of drug-likeness (QED) is 0.878. The van der Waals surface area contributed by atoms with E-state index >= 15 is 0 Å². The molecule has 1 atom stereocenters. The van der Waals surface area contributed by atoms with Crippen LogP contribution in [0.5, 0.6) is 6.01 Å². The van der Waals surface area contributed by atoms with Crippen LogP contribution in [0.25, 0.3) is 0 Å². The van der Waals surface area contributed by atoms with Crippen LogP contribution in [0, 0.1) is 5.82 Å². The first-order chi connectivity index (χ1) is 12.4. The highest BCUT2D eigenvalue weighted by Gasteiger charge is 2.27. The maximum atomic E-state index is 13.8. The highest BCUT2D eigenvalue weighted by molar-refractivity contribution is 6.30. The molecular formula is C17H18ClFN4O3. The molecule has 0 unspecified atom stereocenters. The first-order valence-electron chi connectivity index (χ1n) is 8.08. The Labute approximate surface area is 155 Å². The molecule has 0 aliphatic carbocycles. The summed E-state index contributed by atoms with van der Waals surface area (Å²) >= 11 is 5.73. The number of ether oxygens (including phenoxy) is 1. The molecule has 0 saturated carbocycles. The summed E-state index contributed by atoms with van der Waals surface area (Å²) in [6.45, 7) is 3.28. The molecule has 1 amide bonds. The van der Waals surface area contributed by atoms with Crippen LogP contribution in [-0.2, 0) is 6.61 Å². The third-order valence-corrected chi connectivity index (χ3v) is 4.42. The number of halogens is 2. The number of carbonyl (C=O) groups is 1. The van der Waals surface area contributed by atoms with Gasteiger partial charge in [-0.15, -0.1) is 0 Å². The summed E-state index contributed by atoms with van der Waals surface area (Å²) in [5.74, 6) is 0.190. The van der Waals surface area contributed by atoms with Gasteiger partial charge in [0.2, 0.25) is 0 Å². The minimum atomic E-state index is -0.922. The molecule has 1 fully saturated rings. The van der Waals surface area contributed by atoms with E-state index < -0.39 is 11.9 Å². The predicted octanol–water partition coefficient (Wildman–Crippen LogP) is 3.04. The van der Waals surface area contributed by atoms with Crippen LogP contribution in [0.3, 0.4) is 0 Å². The Kier molecular flexibility index (Phi) is 5.41. The third kappa shape index (κ3) is 4.13. The molecule has 9 heteroatoms. The fraction of sp³-hybridized carbons (Fsp3) is 0.353. The van der Waals surface area contributed by atoms with E-state index in [1.54, 1.807) is 24.4 Å². The van der Waals surface area contributed by atoms with Crippen LogP contribution in [0.15, 0.2) is 30.5 Å². The van der Waals surface area contributed by atoms with Gasteiger partial charge in [-0.2, -0.15) is 4.98 Å². The summed E-state index contributed by atoms with van der Waals surface area (Å²) in [5.41, 5.74) is 0.354. The first kappa shape index (κ1) is 18.2. The lowest BCUT2D eigenvalue weighted by Crippen LogP contribution is -2.53. The molecule has 1 aliphatic heterocycles. The Morgan fingerprint density at radius 2 is 2.23 bits per heavy atom. The number of aromatic nitrogens is 2. The minimum Gasteiger partial charge on any atom is -0.465 e. The van der Waals surface area contributed by atoms with Crippen molar-refractivity contribution in [1.82, 2.24) is 14.9 Å². The van der Waals surface area contributed by atoms with Gasteiger partial charge in [-0.25, -0.2) is 14.2 Å². The van der Waals surface area contributed by atoms with Gasteiger partial charge in [-0.3, -0.25) is 0 Å². The summed E-state index contributed by atoms with van der Waals surface area (Å²) in [5, 5.41) is 9.47. The van der Waals surface area contributed by atoms with Crippen LogP contribution in [0.1, 0.15) is 12.5 Å². The number of hydrogen-bond acceptors (Lipinski definition) is 5. The normalized spacial score (nSPS) is 17.3. The molecule has 0 spiro atoms. The second-order valence-electron chi connectivity index (χ2n) is 5.99. The lowest BCUT2D eigenvalue weighted by Gasteiger charge is -2.38. The Bertz CT molecular complexity index is 807. The molecule has 7 nitrogen and oxygen atoms in total. The van der Waals surface area contributed by atoms with E-state index in [4.69, 9.17) is 21.4 Å². The number of amides is 1. The van der Waals surface area contributed by atoms with E-state index in [1.165, 1.54) is 11.0 Å². The SMILES string of the molecule is C[C@H]1CN(c2ccnc(OCc3ccc(Cl)cc3F)n2)CCN1C(=O)O. The van der Waals surface area contributed by atoms with Gasteiger partial charge in [0, 0.05) is 42.5 Å². The summed E-state index contributed by atoms with van der Waals surface area (Å²) in [4.78, 5) is 22.9. The summed E-state index contributed by atoms with van der Waals surface area (Å²) < 4.78 is 19.3. The average molecular weight is 381 g/mol. The zero-order chi connectivity index (χ0) is 18.7. The average Bonchev–Trinajstić information content (AvgIpc) is 2.61. The Morgan fingerprint density at radius 1 is 1.42 bits per heavy atom. The predicted molar refractivity (Wildman–Crippen MR) is 94.2 cm³/mol. The number of carboxylic acid groups (broad SMARTS) is 1. The van der Waals surface area contributed by atoms with Crippen LogP contribution in [-0.4, -0.2) is 51.7 Å². The van der Waals surface area contributed by atoms with Gasteiger partial charge in [0.25, 0.3) is 0 Å². The van der Waals surface area contributed by atoms with Crippen LogP contribution >= 0.6 is 11.6 Å². The van der Waals surface area contributed by atoms with Crippen molar-refractivity contribution in [2.45, 2.75) is 19.6 Å². The summed E-state index contributed by atoms with van der Waals surface area (Å²) in [6.07, 6.45) is 0.637. The van der Waals surface area contributed by atoms with E-state index in [2.05, 4.69) is 9.97 Å². The van der Waals surface area contributed by atoms with Gasteiger partial charge < -0.3 is 19.6 Å². The summed E-state index contributed by atoms with van der Waals surface area (Å²) in [6, 6.07) is 6.08. The smallest absolute Gasteiger partial charge is 0.407 e. The monoisotopic (exact) mass is 380 g/mol. The van der Waals surface area contributed by atoms with E-state index in [0.717, 1.165) is 0 Å². The third-order valence-electron chi connectivity index (χ3n) is 4.19. The van der Waals surface area contributed by atoms with Gasteiger partial charge in [0.05, 0.1) is 0 Å². The molecule has 138 valence electrons. The van der Waals surface area contributed by atoms with Gasteiger partial charge in [0.1, 0.15) is 18.2 Å². The van der Waals surface area contributed by atoms with Crippen molar-refractivity contribution < 1.29 is 19.0 Å². The molecular weight excluding hydrogens is 363 g/mol. The van der Waals surface area contributed by atoms with Crippen LogP contribution in [0.2, 0.25) is 5.02 Å². The Morgan fingerprint density at radius 3 is 2.92 bits per heavy atom. The van der Waals surface area contributed by atoms with Gasteiger partial charge in [0.15, 0.2) is 0 Å². The number of benzene rings is 1. The molecule has 0 bridgehead atoms. The van der Waals surface area contributed by atoms with Crippen molar-refractivity contribution in [3.05, 3.63) is 46.9 Å².